The second-order valence-corrected chi connectivity index (χ2v) is 5.00. The van der Waals surface area contributed by atoms with Crippen LogP contribution >= 0.6 is 0 Å². The van der Waals surface area contributed by atoms with Gasteiger partial charge in [0.15, 0.2) is 0 Å². The smallest absolute Gasteiger partial charge is 0.319 e. The number of nitrogens with one attached hydrogen (secondary N) is 2. The lowest BCUT2D eigenvalue weighted by molar-refractivity contribution is 0.241. The van der Waals surface area contributed by atoms with Gasteiger partial charge in [0.05, 0.1) is 13.2 Å². The molecule has 2 aromatic rings. The molecule has 0 saturated heterocycles. The number of halogens is 1. The zero-order chi connectivity index (χ0) is 16.7. The molecule has 120 valence electrons. The molecule has 0 saturated carbocycles. The van der Waals surface area contributed by atoms with Crippen LogP contribution in [-0.2, 0) is 0 Å². The van der Waals surface area contributed by atoms with Gasteiger partial charge in [0.25, 0.3) is 0 Å². The summed E-state index contributed by atoms with van der Waals surface area (Å²) in [6, 6.07) is 13.1. The van der Waals surface area contributed by atoms with Crippen LogP contribution in [0.4, 0.5) is 9.18 Å². The van der Waals surface area contributed by atoms with Crippen molar-refractivity contribution in [2.24, 2.45) is 0 Å². The van der Waals surface area contributed by atoms with Crippen LogP contribution in [0.2, 0.25) is 0 Å². The maximum absolute atomic E-state index is 13.0. The molecule has 4 nitrogen and oxygen atoms in total. The molecule has 2 amide bonds. The Morgan fingerprint density at radius 2 is 1.96 bits per heavy atom. The number of benzene rings is 2. The fourth-order valence-electron chi connectivity index (χ4n) is 2.04. The van der Waals surface area contributed by atoms with Gasteiger partial charge in [0, 0.05) is 6.20 Å². The second-order valence-electron chi connectivity index (χ2n) is 5.00. The fraction of sp³-hybridized carbons (Fsp3) is 0.167. The van der Waals surface area contributed by atoms with E-state index >= 15 is 0 Å². The molecule has 0 spiro atoms. The molecule has 0 aliphatic rings. The number of amides is 2. The highest BCUT2D eigenvalue weighted by Gasteiger charge is 2.08. The molecular weight excluding hydrogens is 295 g/mol. The molecule has 0 aromatic heterocycles. The van der Waals surface area contributed by atoms with Crippen LogP contribution in [0.3, 0.4) is 0 Å². The summed E-state index contributed by atoms with van der Waals surface area (Å²) in [6.07, 6.45) is 3.10. The summed E-state index contributed by atoms with van der Waals surface area (Å²) in [5.41, 5.74) is 1.64. The molecule has 1 atom stereocenters. The summed E-state index contributed by atoms with van der Waals surface area (Å²) in [5, 5.41) is 5.41. The first-order chi connectivity index (χ1) is 11.1. The van der Waals surface area contributed by atoms with Gasteiger partial charge < -0.3 is 15.4 Å². The van der Waals surface area contributed by atoms with Crippen LogP contribution in [0.5, 0.6) is 5.75 Å². The average molecular weight is 314 g/mol. The van der Waals surface area contributed by atoms with E-state index in [-0.39, 0.29) is 17.9 Å². The number of ether oxygens (including phenoxy) is 1. The van der Waals surface area contributed by atoms with Gasteiger partial charge in [-0.25, -0.2) is 9.18 Å². The minimum absolute atomic E-state index is 0.150. The molecule has 0 fully saturated rings. The van der Waals surface area contributed by atoms with Gasteiger partial charge in [-0.15, -0.1) is 0 Å². The van der Waals surface area contributed by atoms with E-state index in [0.717, 1.165) is 11.3 Å². The van der Waals surface area contributed by atoms with Crippen molar-refractivity contribution in [3.05, 3.63) is 71.7 Å². The number of hydrogen-bond acceptors (Lipinski definition) is 2. The number of carbonyl (C=O) groups excluding carboxylic acids is 1. The monoisotopic (exact) mass is 314 g/mol. The first-order valence-corrected chi connectivity index (χ1v) is 7.21. The molecule has 1 unspecified atom stereocenters. The second kappa shape index (κ2) is 7.98. The lowest BCUT2D eigenvalue weighted by Crippen LogP contribution is -2.34. The Hall–Kier alpha value is -2.82. The molecule has 2 aromatic carbocycles. The highest BCUT2D eigenvalue weighted by molar-refractivity contribution is 5.76. The van der Waals surface area contributed by atoms with Gasteiger partial charge >= 0.3 is 6.03 Å². The maximum Gasteiger partial charge on any atom is 0.319 e. The minimum Gasteiger partial charge on any atom is -0.497 e. The number of urea groups is 1. The van der Waals surface area contributed by atoms with Crippen molar-refractivity contribution in [1.82, 2.24) is 10.6 Å². The Balaban J connectivity index is 1.86. The van der Waals surface area contributed by atoms with E-state index in [0.29, 0.717) is 5.56 Å². The first-order valence-electron chi connectivity index (χ1n) is 7.21. The van der Waals surface area contributed by atoms with E-state index in [4.69, 9.17) is 4.74 Å². The number of rotatable bonds is 5. The molecule has 2 rings (SSSR count). The highest BCUT2D eigenvalue weighted by Crippen LogP contribution is 2.17. The third-order valence-corrected chi connectivity index (χ3v) is 3.30. The Bertz CT molecular complexity index is 684. The normalized spacial score (nSPS) is 12.0. The van der Waals surface area contributed by atoms with Gasteiger partial charge in [0.1, 0.15) is 11.6 Å². The van der Waals surface area contributed by atoms with Crippen molar-refractivity contribution >= 4 is 12.1 Å². The third-order valence-electron chi connectivity index (χ3n) is 3.30. The van der Waals surface area contributed by atoms with Gasteiger partial charge in [-0.1, -0.05) is 24.3 Å². The van der Waals surface area contributed by atoms with Gasteiger partial charge in [0.2, 0.25) is 0 Å². The number of methoxy groups -OCH3 is 1. The molecule has 0 aliphatic heterocycles. The lowest BCUT2D eigenvalue weighted by atomic mass is 10.1. The Kier molecular flexibility index (Phi) is 5.74. The molecule has 2 N–H and O–H groups in total. The Labute approximate surface area is 135 Å². The van der Waals surface area contributed by atoms with Crippen molar-refractivity contribution in [3.63, 3.8) is 0 Å². The fourth-order valence-corrected chi connectivity index (χ4v) is 2.04. The molecule has 0 heterocycles. The topological polar surface area (TPSA) is 50.4 Å². The predicted octanol–water partition coefficient (Wildman–Crippen LogP) is 3.87. The van der Waals surface area contributed by atoms with Gasteiger partial charge in [-0.05, 0) is 48.4 Å². The van der Waals surface area contributed by atoms with Crippen LogP contribution in [0.1, 0.15) is 24.1 Å². The first kappa shape index (κ1) is 16.5. The maximum atomic E-state index is 13.0. The molecule has 23 heavy (non-hydrogen) atoms. The standard InChI is InChI=1S/C18H19FN2O2/c1-13(15-6-8-17(23-2)9-7-15)21-18(22)20-11-10-14-4-3-5-16(19)12-14/h3-13H,1-2H3,(H2,20,21,22)/b11-10+. The average Bonchev–Trinajstić information content (AvgIpc) is 2.55. The van der Waals surface area contributed by atoms with E-state index in [1.165, 1.54) is 18.3 Å². The predicted molar refractivity (Wildman–Crippen MR) is 88.5 cm³/mol. The van der Waals surface area contributed by atoms with Gasteiger partial charge in [-0.2, -0.15) is 0 Å². The van der Waals surface area contributed by atoms with Crippen molar-refractivity contribution in [1.29, 1.82) is 0 Å². The van der Waals surface area contributed by atoms with Gasteiger partial charge in [-0.3, -0.25) is 0 Å². The Morgan fingerprint density at radius 1 is 1.22 bits per heavy atom. The van der Waals surface area contributed by atoms with Crippen LogP contribution in [0.15, 0.2) is 54.7 Å². The summed E-state index contributed by atoms with van der Waals surface area (Å²) < 4.78 is 18.1. The zero-order valence-electron chi connectivity index (χ0n) is 13.0. The summed E-state index contributed by atoms with van der Waals surface area (Å²) in [5.74, 6) is 0.452. The van der Waals surface area contributed by atoms with Crippen molar-refractivity contribution in [2.75, 3.05) is 7.11 Å². The van der Waals surface area contributed by atoms with Crippen LogP contribution < -0.4 is 15.4 Å². The molecule has 0 bridgehead atoms. The van der Waals surface area contributed by atoms with Crippen molar-refractivity contribution in [2.45, 2.75) is 13.0 Å². The number of carbonyl (C=O) groups is 1. The SMILES string of the molecule is COc1ccc(C(C)NC(=O)N/C=C/c2cccc(F)c2)cc1. The van der Waals surface area contributed by atoms with Crippen LogP contribution in [0.25, 0.3) is 6.08 Å². The Morgan fingerprint density at radius 3 is 2.61 bits per heavy atom. The quantitative estimate of drug-likeness (QED) is 0.880. The number of hydrogen-bond donors (Lipinski definition) is 2. The molecule has 0 radical (unpaired) electrons. The summed E-state index contributed by atoms with van der Waals surface area (Å²) in [6.45, 7) is 1.89. The summed E-state index contributed by atoms with van der Waals surface area (Å²) in [4.78, 5) is 11.8. The zero-order valence-corrected chi connectivity index (χ0v) is 13.0. The van der Waals surface area contributed by atoms with E-state index in [2.05, 4.69) is 10.6 Å². The highest BCUT2D eigenvalue weighted by atomic mass is 19.1. The minimum atomic E-state index is -0.332. The van der Waals surface area contributed by atoms with Crippen LogP contribution in [-0.4, -0.2) is 13.1 Å². The molecule has 0 aliphatic carbocycles. The summed E-state index contributed by atoms with van der Waals surface area (Å²) in [7, 11) is 1.61. The van der Waals surface area contributed by atoms with Crippen molar-refractivity contribution in [3.8, 4) is 5.75 Å². The van der Waals surface area contributed by atoms with Crippen LogP contribution in [0, 0.1) is 5.82 Å². The lowest BCUT2D eigenvalue weighted by Gasteiger charge is -2.14. The molecule has 5 heteroatoms. The summed E-state index contributed by atoms with van der Waals surface area (Å²) >= 11 is 0. The van der Waals surface area contributed by atoms with E-state index in [1.807, 2.05) is 31.2 Å². The van der Waals surface area contributed by atoms with E-state index in [9.17, 15) is 9.18 Å². The third kappa shape index (κ3) is 5.14. The molecular formula is C18H19FN2O2. The van der Waals surface area contributed by atoms with Crippen molar-refractivity contribution < 1.29 is 13.9 Å². The largest absolute Gasteiger partial charge is 0.497 e. The van der Waals surface area contributed by atoms with E-state index in [1.54, 1.807) is 25.3 Å². The van der Waals surface area contributed by atoms with E-state index < -0.39 is 0 Å².